The predicted molar refractivity (Wildman–Crippen MR) is 112 cm³/mol. The van der Waals surface area contributed by atoms with Gasteiger partial charge in [0.05, 0.1) is 0 Å². The SMILES string of the molecule is CCc1c(Br)cnc(N(C)C)c1-c1ccc(OCc2ccccc2)cc1. The van der Waals surface area contributed by atoms with Gasteiger partial charge in [0.25, 0.3) is 0 Å². The van der Waals surface area contributed by atoms with Crippen LogP contribution in [0.4, 0.5) is 5.82 Å². The molecular weight excluding hydrogens is 388 g/mol. The van der Waals surface area contributed by atoms with Gasteiger partial charge >= 0.3 is 0 Å². The summed E-state index contributed by atoms with van der Waals surface area (Å²) in [7, 11) is 4.05. The zero-order valence-corrected chi connectivity index (χ0v) is 17.0. The zero-order chi connectivity index (χ0) is 18.5. The van der Waals surface area contributed by atoms with Crippen molar-refractivity contribution in [3.05, 3.63) is 76.4 Å². The maximum absolute atomic E-state index is 5.91. The fourth-order valence-electron chi connectivity index (χ4n) is 2.96. The minimum Gasteiger partial charge on any atom is -0.489 e. The summed E-state index contributed by atoms with van der Waals surface area (Å²) in [4.78, 5) is 6.67. The van der Waals surface area contributed by atoms with E-state index in [4.69, 9.17) is 4.74 Å². The van der Waals surface area contributed by atoms with Crippen LogP contribution in [0.5, 0.6) is 5.75 Å². The molecule has 26 heavy (non-hydrogen) atoms. The van der Waals surface area contributed by atoms with Crippen LogP contribution in [0.1, 0.15) is 18.1 Å². The molecule has 0 aliphatic heterocycles. The van der Waals surface area contributed by atoms with Gasteiger partial charge in [-0.1, -0.05) is 49.4 Å². The lowest BCUT2D eigenvalue weighted by Gasteiger charge is -2.20. The number of benzene rings is 2. The van der Waals surface area contributed by atoms with Crippen molar-refractivity contribution in [1.29, 1.82) is 0 Å². The Bertz CT molecular complexity index is 861. The summed E-state index contributed by atoms with van der Waals surface area (Å²) >= 11 is 3.65. The van der Waals surface area contributed by atoms with Gasteiger partial charge in [-0.3, -0.25) is 0 Å². The third-order valence-electron chi connectivity index (χ3n) is 4.28. The summed E-state index contributed by atoms with van der Waals surface area (Å²) in [5.74, 6) is 1.84. The van der Waals surface area contributed by atoms with E-state index in [1.54, 1.807) is 0 Å². The molecule has 4 heteroatoms. The molecule has 3 nitrogen and oxygen atoms in total. The molecule has 0 atom stereocenters. The van der Waals surface area contributed by atoms with Gasteiger partial charge in [0, 0.05) is 30.3 Å². The Morgan fingerprint density at radius 2 is 1.69 bits per heavy atom. The van der Waals surface area contributed by atoms with Crippen LogP contribution >= 0.6 is 15.9 Å². The molecule has 0 unspecified atom stereocenters. The van der Waals surface area contributed by atoms with E-state index in [1.165, 1.54) is 11.1 Å². The molecule has 0 N–H and O–H groups in total. The standard InChI is InChI=1S/C22H23BrN2O/c1-4-19-20(23)14-24-22(25(2)3)21(19)17-10-12-18(13-11-17)26-15-16-8-6-5-7-9-16/h5-14H,4,15H2,1-3H3. The van der Waals surface area contributed by atoms with Crippen molar-refractivity contribution in [2.45, 2.75) is 20.0 Å². The third kappa shape index (κ3) is 4.07. The normalized spacial score (nSPS) is 10.6. The van der Waals surface area contributed by atoms with Gasteiger partial charge in [-0.05, 0) is 51.2 Å². The molecule has 0 saturated carbocycles. The highest BCUT2D eigenvalue weighted by molar-refractivity contribution is 9.10. The number of hydrogen-bond donors (Lipinski definition) is 0. The lowest BCUT2D eigenvalue weighted by molar-refractivity contribution is 0.306. The first kappa shape index (κ1) is 18.5. The van der Waals surface area contributed by atoms with Gasteiger partial charge in [0.2, 0.25) is 0 Å². The average molecular weight is 411 g/mol. The molecule has 0 amide bonds. The summed E-state index contributed by atoms with van der Waals surface area (Å²) in [6.45, 7) is 2.74. The molecule has 1 aromatic heterocycles. The molecule has 0 aliphatic rings. The topological polar surface area (TPSA) is 25.4 Å². The van der Waals surface area contributed by atoms with Crippen molar-refractivity contribution in [3.63, 3.8) is 0 Å². The number of hydrogen-bond acceptors (Lipinski definition) is 3. The number of rotatable bonds is 6. The molecule has 1 heterocycles. The number of nitrogens with zero attached hydrogens (tertiary/aromatic N) is 2. The molecule has 0 bridgehead atoms. The predicted octanol–water partition coefficient (Wildman–Crippen LogP) is 5.72. The highest BCUT2D eigenvalue weighted by Crippen LogP contribution is 2.36. The molecule has 0 aliphatic carbocycles. The van der Waals surface area contributed by atoms with Crippen LogP contribution in [-0.4, -0.2) is 19.1 Å². The van der Waals surface area contributed by atoms with E-state index >= 15 is 0 Å². The van der Waals surface area contributed by atoms with Crippen molar-refractivity contribution >= 4 is 21.7 Å². The van der Waals surface area contributed by atoms with Crippen LogP contribution in [0, 0.1) is 0 Å². The zero-order valence-electron chi connectivity index (χ0n) is 15.4. The van der Waals surface area contributed by atoms with Gasteiger partial charge in [-0.25, -0.2) is 4.98 Å². The molecule has 0 radical (unpaired) electrons. The first-order chi connectivity index (χ1) is 12.6. The second-order valence-corrected chi connectivity index (χ2v) is 7.18. The molecule has 0 saturated heterocycles. The molecule has 0 spiro atoms. The van der Waals surface area contributed by atoms with Crippen molar-refractivity contribution in [2.24, 2.45) is 0 Å². The van der Waals surface area contributed by atoms with E-state index in [1.807, 2.05) is 50.6 Å². The lowest BCUT2D eigenvalue weighted by atomic mass is 9.98. The summed E-state index contributed by atoms with van der Waals surface area (Å²) in [6.07, 6.45) is 2.82. The molecular formula is C22H23BrN2O. The number of anilines is 1. The Morgan fingerprint density at radius 3 is 2.31 bits per heavy atom. The Balaban J connectivity index is 1.88. The Morgan fingerprint density at radius 1 is 1.00 bits per heavy atom. The van der Waals surface area contributed by atoms with Crippen LogP contribution < -0.4 is 9.64 Å². The molecule has 134 valence electrons. The summed E-state index contributed by atoms with van der Waals surface area (Å²) in [5.41, 5.74) is 4.74. The fraction of sp³-hybridized carbons (Fsp3) is 0.227. The summed E-state index contributed by atoms with van der Waals surface area (Å²) < 4.78 is 6.95. The molecule has 3 rings (SSSR count). The second kappa shape index (κ2) is 8.37. The van der Waals surface area contributed by atoms with Crippen molar-refractivity contribution < 1.29 is 4.74 Å². The summed E-state index contributed by atoms with van der Waals surface area (Å²) in [5, 5.41) is 0. The number of ether oxygens (including phenoxy) is 1. The Hall–Kier alpha value is -2.33. The summed E-state index contributed by atoms with van der Waals surface area (Å²) in [6, 6.07) is 18.5. The van der Waals surface area contributed by atoms with E-state index in [9.17, 15) is 0 Å². The number of halogens is 1. The van der Waals surface area contributed by atoms with Crippen molar-refractivity contribution in [3.8, 4) is 16.9 Å². The van der Waals surface area contributed by atoms with Crippen molar-refractivity contribution in [1.82, 2.24) is 4.98 Å². The van der Waals surface area contributed by atoms with Crippen LogP contribution in [0.15, 0.2) is 65.3 Å². The minimum absolute atomic E-state index is 0.571. The average Bonchev–Trinajstić information content (AvgIpc) is 2.67. The molecule has 2 aromatic carbocycles. The second-order valence-electron chi connectivity index (χ2n) is 6.33. The fourth-order valence-corrected chi connectivity index (χ4v) is 3.54. The van der Waals surface area contributed by atoms with Crippen LogP contribution in [0.2, 0.25) is 0 Å². The Kier molecular flexibility index (Phi) is 5.94. The van der Waals surface area contributed by atoms with Gasteiger partial charge in [0.15, 0.2) is 0 Å². The highest BCUT2D eigenvalue weighted by atomic mass is 79.9. The number of aromatic nitrogens is 1. The van der Waals surface area contributed by atoms with Gasteiger partial charge < -0.3 is 9.64 Å². The van der Waals surface area contributed by atoms with Gasteiger partial charge in [-0.2, -0.15) is 0 Å². The van der Waals surface area contributed by atoms with Crippen LogP contribution in [-0.2, 0) is 13.0 Å². The Labute approximate surface area is 163 Å². The lowest BCUT2D eigenvalue weighted by Crippen LogP contribution is -2.13. The maximum atomic E-state index is 5.91. The quantitative estimate of drug-likeness (QED) is 0.519. The minimum atomic E-state index is 0.571. The third-order valence-corrected chi connectivity index (χ3v) is 4.97. The molecule has 0 fully saturated rings. The first-order valence-electron chi connectivity index (χ1n) is 8.72. The molecule has 3 aromatic rings. The van der Waals surface area contributed by atoms with Gasteiger partial charge in [0.1, 0.15) is 18.2 Å². The van der Waals surface area contributed by atoms with E-state index in [0.717, 1.165) is 33.6 Å². The van der Waals surface area contributed by atoms with E-state index in [-0.39, 0.29) is 0 Å². The van der Waals surface area contributed by atoms with Crippen molar-refractivity contribution in [2.75, 3.05) is 19.0 Å². The smallest absolute Gasteiger partial charge is 0.136 e. The maximum Gasteiger partial charge on any atom is 0.136 e. The number of pyridine rings is 1. The largest absolute Gasteiger partial charge is 0.489 e. The monoisotopic (exact) mass is 410 g/mol. The van der Waals surface area contributed by atoms with Crippen LogP contribution in [0.3, 0.4) is 0 Å². The van der Waals surface area contributed by atoms with E-state index in [2.05, 4.69) is 57.0 Å². The first-order valence-corrected chi connectivity index (χ1v) is 9.51. The van der Waals surface area contributed by atoms with E-state index < -0.39 is 0 Å². The van der Waals surface area contributed by atoms with Gasteiger partial charge in [-0.15, -0.1) is 0 Å². The van der Waals surface area contributed by atoms with E-state index in [0.29, 0.717) is 6.61 Å². The van der Waals surface area contributed by atoms with Crippen LogP contribution in [0.25, 0.3) is 11.1 Å². The highest BCUT2D eigenvalue weighted by Gasteiger charge is 2.16.